The van der Waals surface area contributed by atoms with Gasteiger partial charge in [-0.1, -0.05) is 12.1 Å². The highest BCUT2D eigenvalue weighted by molar-refractivity contribution is 6.02. The maximum Gasteiger partial charge on any atom is 0.324 e. The molecule has 0 bridgehead atoms. The first kappa shape index (κ1) is 16.4. The van der Waals surface area contributed by atoms with Gasteiger partial charge in [-0.15, -0.1) is 0 Å². The third kappa shape index (κ3) is 3.73. The molecular formula is C17H22N4O3. The zero-order valence-electron chi connectivity index (χ0n) is 13.7. The molecule has 3 N–H and O–H groups in total. The van der Waals surface area contributed by atoms with Gasteiger partial charge in [0, 0.05) is 17.6 Å². The quantitative estimate of drug-likeness (QED) is 0.706. The van der Waals surface area contributed by atoms with Gasteiger partial charge in [0.1, 0.15) is 0 Å². The minimum Gasteiger partial charge on any atom is -0.349 e. The molecule has 2 aliphatic heterocycles. The van der Waals surface area contributed by atoms with Crippen LogP contribution in [0, 0.1) is 0 Å². The molecule has 1 aromatic carbocycles. The number of piperidine rings is 1. The second-order valence-corrected chi connectivity index (χ2v) is 6.39. The summed E-state index contributed by atoms with van der Waals surface area (Å²) in [5.41, 5.74) is 1.30. The zero-order chi connectivity index (χ0) is 17.1. The van der Waals surface area contributed by atoms with Crippen LogP contribution < -0.4 is 16.0 Å². The van der Waals surface area contributed by atoms with Gasteiger partial charge in [0.05, 0.1) is 13.1 Å². The number of benzene rings is 1. The van der Waals surface area contributed by atoms with Crippen molar-refractivity contribution < 1.29 is 14.4 Å². The predicted octanol–water partition coefficient (Wildman–Crippen LogP) is 0.609. The maximum absolute atomic E-state index is 12.4. The van der Waals surface area contributed by atoms with Gasteiger partial charge in [-0.2, -0.15) is 0 Å². The van der Waals surface area contributed by atoms with E-state index in [4.69, 9.17) is 0 Å². The number of hydrogen-bond acceptors (Lipinski definition) is 4. The van der Waals surface area contributed by atoms with Crippen LogP contribution in [0.3, 0.4) is 0 Å². The fourth-order valence-electron chi connectivity index (χ4n) is 3.14. The molecule has 0 spiro atoms. The average molecular weight is 330 g/mol. The van der Waals surface area contributed by atoms with Crippen molar-refractivity contribution in [1.82, 2.24) is 20.9 Å². The normalized spacial score (nSPS) is 24.0. The van der Waals surface area contributed by atoms with Crippen LogP contribution in [0.4, 0.5) is 4.79 Å². The summed E-state index contributed by atoms with van der Waals surface area (Å²) in [5.74, 6) is -0.369. The van der Waals surface area contributed by atoms with E-state index in [2.05, 4.69) is 22.9 Å². The van der Waals surface area contributed by atoms with Crippen molar-refractivity contribution >= 4 is 17.8 Å². The van der Waals surface area contributed by atoms with Crippen molar-refractivity contribution in [2.24, 2.45) is 0 Å². The van der Waals surface area contributed by atoms with Crippen molar-refractivity contribution in [2.75, 3.05) is 13.1 Å². The smallest absolute Gasteiger partial charge is 0.324 e. The van der Waals surface area contributed by atoms with Crippen LogP contribution in [0.5, 0.6) is 0 Å². The Morgan fingerprint density at radius 1 is 1.38 bits per heavy atom. The van der Waals surface area contributed by atoms with Crippen molar-refractivity contribution in [2.45, 2.75) is 38.4 Å². The average Bonchev–Trinajstić information content (AvgIpc) is 2.87. The van der Waals surface area contributed by atoms with E-state index in [1.54, 1.807) is 18.2 Å². The Hall–Kier alpha value is -2.41. The number of urea groups is 1. The lowest BCUT2D eigenvalue weighted by Gasteiger charge is -2.28. The predicted molar refractivity (Wildman–Crippen MR) is 88.3 cm³/mol. The molecule has 128 valence electrons. The SMILES string of the molecule is CC1CC(NC(=O)c2cccc(CN3C(=O)CNC3=O)c2)CCN1. The van der Waals surface area contributed by atoms with Gasteiger partial charge in [0.2, 0.25) is 5.91 Å². The van der Waals surface area contributed by atoms with Gasteiger partial charge in [-0.3, -0.25) is 14.5 Å². The van der Waals surface area contributed by atoms with Gasteiger partial charge in [0.15, 0.2) is 0 Å². The Labute approximate surface area is 140 Å². The lowest BCUT2D eigenvalue weighted by molar-refractivity contribution is -0.125. The first-order valence-electron chi connectivity index (χ1n) is 8.24. The lowest BCUT2D eigenvalue weighted by atomic mass is 10.00. The highest BCUT2D eigenvalue weighted by atomic mass is 16.2. The molecule has 0 aliphatic carbocycles. The molecule has 1 aromatic rings. The maximum atomic E-state index is 12.4. The summed E-state index contributed by atoms with van der Waals surface area (Å²) >= 11 is 0. The fraction of sp³-hybridized carbons (Fsp3) is 0.471. The summed E-state index contributed by atoms with van der Waals surface area (Å²) in [6, 6.07) is 7.24. The topological polar surface area (TPSA) is 90.5 Å². The first-order chi connectivity index (χ1) is 11.5. The molecule has 2 fully saturated rings. The summed E-state index contributed by atoms with van der Waals surface area (Å²) in [7, 11) is 0. The van der Waals surface area contributed by atoms with E-state index in [-0.39, 0.29) is 30.9 Å². The van der Waals surface area contributed by atoms with Crippen molar-refractivity contribution in [3.63, 3.8) is 0 Å². The highest BCUT2D eigenvalue weighted by Gasteiger charge is 2.28. The first-order valence-corrected chi connectivity index (χ1v) is 8.24. The standard InChI is InChI=1S/C17H22N4O3/c1-11-7-14(5-6-18-11)20-16(23)13-4-2-3-12(8-13)10-21-15(22)9-19-17(21)24/h2-4,8,11,14,18H,5-7,9-10H2,1H3,(H,19,24)(H,20,23). The van der Waals surface area contributed by atoms with Crippen LogP contribution in [0.15, 0.2) is 24.3 Å². The van der Waals surface area contributed by atoms with Gasteiger partial charge in [-0.25, -0.2) is 4.79 Å². The van der Waals surface area contributed by atoms with E-state index < -0.39 is 6.03 Å². The molecule has 2 heterocycles. The van der Waals surface area contributed by atoms with Crippen LogP contribution in [-0.4, -0.2) is 47.9 Å². The molecule has 2 atom stereocenters. The Balaban J connectivity index is 1.65. The molecule has 7 heteroatoms. The van der Waals surface area contributed by atoms with Crippen molar-refractivity contribution in [1.29, 1.82) is 0 Å². The summed E-state index contributed by atoms with van der Waals surface area (Å²) in [6.45, 7) is 3.22. The Bertz CT molecular complexity index is 645. The molecule has 2 aliphatic rings. The number of imide groups is 1. The minimum atomic E-state index is -0.390. The van der Waals surface area contributed by atoms with E-state index in [1.165, 1.54) is 0 Å². The van der Waals surface area contributed by atoms with E-state index in [9.17, 15) is 14.4 Å². The monoisotopic (exact) mass is 330 g/mol. The number of nitrogens with one attached hydrogen (secondary N) is 3. The lowest BCUT2D eigenvalue weighted by Crippen LogP contribution is -2.46. The second-order valence-electron chi connectivity index (χ2n) is 6.39. The molecule has 3 rings (SSSR count). The molecular weight excluding hydrogens is 308 g/mol. The van der Waals surface area contributed by atoms with Crippen molar-refractivity contribution in [3.05, 3.63) is 35.4 Å². The molecule has 4 amide bonds. The third-order valence-corrected chi connectivity index (χ3v) is 4.43. The largest absolute Gasteiger partial charge is 0.349 e. The molecule has 2 saturated heterocycles. The molecule has 24 heavy (non-hydrogen) atoms. The number of rotatable bonds is 4. The molecule has 0 saturated carbocycles. The Morgan fingerprint density at radius 2 is 2.21 bits per heavy atom. The Morgan fingerprint density at radius 3 is 2.92 bits per heavy atom. The van der Waals surface area contributed by atoms with Crippen LogP contribution in [0.25, 0.3) is 0 Å². The van der Waals surface area contributed by atoms with E-state index in [0.29, 0.717) is 11.6 Å². The van der Waals surface area contributed by atoms with Gasteiger partial charge < -0.3 is 16.0 Å². The van der Waals surface area contributed by atoms with Crippen LogP contribution in [-0.2, 0) is 11.3 Å². The number of carbonyl (C=O) groups excluding carboxylic acids is 3. The van der Waals surface area contributed by atoms with E-state index in [0.717, 1.165) is 29.8 Å². The van der Waals surface area contributed by atoms with E-state index in [1.807, 2.05) is 6.07 Å². The van der Waals surface area contributed by atoms with Crippen molar-refractivity contribution in [3.8, 4) is 0 Å². The number of carbonyl (C=O) groups is 3. The summed E-state index contributed by atoms with van der Waals surface area (Å²) < 4.78 is 0. The van der Waals surface area contributed by atoms with Gasteiger partial charge in [-0.05, 0) is 44.0 Å². The summed E-state index contributed by atoms with van der Waals surface area (Å²) in [5, 5.41) is 8.91. The fourth-order valence-corrected chi connectivity index (χ4v) is 3.14. The third-order valence-electron chi connectivity index (χ3n) is 4.43. The number of hydrogen-bond donors (Lipinski definition) is 3. The molecule has 7 nitrogen and oxygen atoms in total. The molecule has 0 aromatic heterocycles. The second kappa shape index (κ2) is 7.00. The highest BCUT2D eigenvalue weighted by Crippen LogP contribution is 2.13. The van der Waals surface area contributed by atoms with E-state index >= 15 is 0 Å². The minimum absolute atomic E-state index is 0.0346. The molecule has 0 radical (unpaired) electrons. The van der Waals surface area contributed by atoms with Crippen LogP contribution in [0.1, 0.15) is 35.7 Å². The summed E-state index contributed by atoms with van der Waals surface area (Å²) in [6.07, 6.45) is 1.83. The van der Waals surface area contributed by atoms with Crippen LogP contribution >= 0.6 is 0 Å². The van der Waals surface area contributed by atoms with Gasteiger partial charge >= 0.3 is 6.03 Å². The number of amides is 4. The zero-order valence-corrected chi connectivity index (χ0v) is 13.7. The summed E-state index contributed by atoms with van der Waals surface area (Å²) in [4.78, 5) is 36.9. The van der Waals surface area contributed by atoms with Crippen LogP contribution in [0.2, 0.25) is 0 Å². The van der Waals surface area contributed by atoms with Gasteiger partial charge in [0.25, 0.3) is 5.91 Å². The number of nitrogens with zero attached hydrogens (tertiary/aromatic N) is 1. The Kier molecular flexibility index (Phi) is 4.80. The molecule has 2 unspecified atom stereocenters.